The number of aromatic nitrogens is 2. The number of aryl methyl sites for hydroxylation is 1. The zero-order valence-electron chi connectivity index (χ0n) is 8.90. The van der Waals surface area contributed by atoms with Gasteiger partial charge < -0.3 is 9.73 Å². The van der Waals surface area contributed by atoms with E-state index in [4.69, 9.17) is 16.0 Å². The van der Waals surface area contributed by atoms with Crippen LogP contribution in [0.3, 0.4) is 0 Å². The predicted molar refractivity (Wildman–Crippen MR) is 62.4 cm³/mol. The Bertz CT molecular complexity index is 453. The first-order valence-electron chi connectivity index (χ1n) is 4.95. The third-order valence-corrected chi connectivity index (χ3v) is 2.37. The molecule has 0 saturated heterocycles. The molecule has 1 N–H and O–H groups in total. The molecule has 0 bridgehead atoms. The predicted octanol–water partition coefficient (Wildman–Crippen LogP) is 2.73. The quantitative estimate of drug-likeness (QED) is 0.831. The van der Waals surface area contributed by atoms with Crippen molar-refractivity contribution in [2.24, 2.45) is 0 Å². The van der Waals surface area contributed by atoms with Gasteiger partial charge in [0.05, 0.1) is 0 Å². The molecule has 84 valence electrons. The normalized spacial score (nSPS) is 10.4. The number of rotatable bonds is 4. The Morgan fingerprint density at radius 2 is 2.00 bits per heavy atom. The Kier molecular flexibility index (Phi) is 3.41. The molecule has 0 spiro atoms. The Hall–Kier alpha value is -1.55. The Morgan fingerprint density at radius 3 is 2.62 bits per heavy atom. The first kappa shape index (κ1) is 11.0. The Balaban J connectivity index is 1.94. The molecule has 0 unspecified atom stereocenters. The number of nitrogens with zero attached hydrogens (tertiary/aromatic N) is 2. The molecule has 0 atom stereocenters. The van der Waals surface area contributed by atoms with Gasteiger partial charge in [-0.15, -0.1) is 16.7 Å². The minimum atomic E-state index is 0.235. The van der Waals surface area contributed by atoms with E-state index in [0.717, 1.165) is 5.56 Å². The summed E-state index contributed by atoms with van der Waals surface area (Å²) >= 11 is 5.55. The van der Waals surface area contributed by atoms with E-state index in [-0.39, 0.29) is 5.88 Å². The monoisotopic (exact) mass is 237 g/mol. The molecule has 2 aromatic rings. The van der Waals surface area contributed by atoms with Gasteiger partial charge >= 0.3 is 6.01 Å². The van der Waals surface area contributed by atoms with Gasteiger partial charge in [-0.25, -0.2) is 0 Å². The summed E-state index contributed by atoms with van der Waals surface area (Å²) in [6.07, 6.45) is 0. The zero-order valence-corrected chi connectivity index (χ0v) is 9.66. The van der Waals surface area contributed by atoms with Gasteiger partial charge in [-0.2, -0.15) is 0 Å². The van der Waals surface area contributed by atoms with Crippen molar-refractivity contribution in [1.29, 1.82) is 0 Å². The van der Waals surface area contributed by atoms with E-state index >= 15 is 0 Å². The summed E-state index contributed by atoms with van der Waals surface area (Å²) in [5.74, 6) is 0.659. The van der Waals surface area contributed by atoms with Crippen LogP contribution in [0.1, 0.15) is 17.0 Å². The number of benzene rings is 1. The van der Waals surface area contributed by atoms with Crippen molar-refractivity contribution in [3.63, 3.8) is 0 Å². The third-order valence-electron chi connectivity index (χ3n) is 2.15. The molecule has 1 aromatic carbocycles. The van der Waals surface area contributed by atoms with Crippen LogP contribution < -0.4 is 5.32 Å². The molecule has 0 fully saturated rings. The molecule has 5 heteroatoms. The van der Waals surface area contributed by atoms with Gasteiger partial charge in [0, 0.05) is 6.54 Å². The van der Waals surface area contributed by atoms with Crippen LogP contribution in [0, 0.1) is 6.92 Å². The highest BCUT2D eigenvalue weighted by Gasteiger charge is 2.03. The standard InChI is InChI=1S/C11H12ClN3O/c1-8-2-4-9(5-3-8)7-13-11-15-14-10(6-12)16-11/h2-5H,6-7H2,1H3,(H,13,15). The molecule has 1 aromatic heterocycles. The van der Waals surface area contributed by atoms with Crippen LogP contribution in [-0.4, -0.2) is 10.2 Å². The lowest BCUT2D eigenvalue weighted by Crippen LogP contribution is -1.99. The van der Waals surface area contributed by atoms with E-state index < -0.39 is 0 Å². The van der Waals surface area contributed by atoms with Crippen LogP contribution in [-0.2, 0) is 12.4 Å². The first-order chi connectivity index (χ1) is 7.78. The molecule has 1 heterocycles. The highest BCUT2D eigenvalue weighted by Crippen LogP contribution is 2.10. The van der Waals surface area contributed by atoms with Gasteiger partial charge in [-0.05, 0) is 12.5 Å². The fraction of sp³-hybridized carbons (Fsp3) is 0.273. The van der Waals surface area contributed by atoms with Gasteiger partial charge in [0.25, 0.3) is 0 Å². The van der Waals surface area contributed by atoms with Gasteiger partial charge in [0.2, 0.25) is 5.89 Å². The first-order valence-corrected chi connectivity index (χ1v) is 5.49. The maximum Gasteiger partial charge on any atom is 0.315 e. The molecule has 0 aliphatic carbocycles. The minimum Gasteiger partial charge on any atom is -0.407 e. The smallest absolute Gasteiger partial charge is 0.315 e. The Labute approximate surface area is 98.6 Å². The average molecular weight is 238 g/mol. The van der Waals surface area contributed by atoms with Crippen LogP contribution in [0.25, 0.3) is 0 Å². The Morgan fingerprint density at radius 1 is 1.25 bits per heavy atom. The second-order valence-electron chi connectivity index (χ2n) is 3.47. The molecule has 2 rings (SSSR count). The van der Waals surface area contributed by atoms with Crippen LogP contribution in [0.15, 0.2) is 28.7 Å². The number of nitrogens with one attached hydrogen (secondary N) is 1. The summed E-state index contributed by atoms with van der Waals surface area (Å²) in [6.45, 7) is 2.71. The summed E-state index contributed by atoms with van der Waals surface area (Å²) < 4.78 is 5.21. The van der Waals surface area contributed by atoms with Crippen molar-refractivity contribution in [2.45, 2.75) is 19.3 Å². The summed E-state index contributed by atoms with van der Waals surface area (Å²) in [7, 11) is 0. The second kappa shape index (κ2) is 4.99. The van der Waals surface area contributed by atoms with Gasteiger partial charge in [0.1, 0.15) is 5.88 Å². The van der Waals surface area contributed by atoms with Crippen molar-refractivity contribution >= 4 is 17.6 Å². The highest BCUT2D eigenvalue weighted by molar-refractivity contribution is 6.16. The molecule has 0 saturated carbocycles. The summed E-state index contributed by atoms with van der Waals surface area (Å²) in [4.78, 5) is 0. The van der Waals surface area contributed by atoms with E-state index in [1.54, 1.807) is 0 Å². The zero-order chi connectivity index (χ0) is 11.4. The third kappa shape index (κ3) is 2.73. The number of hydrogen-bond donors (Lipinski definition) is 1. The van der Waals surface area contributed by atoms with E-state index in [2.05, 4.69) is 46.7 Å². The maximum atomic E-state index is 5.55. The van der Waals surface area contributed by atoms with E-state index in [1.807, 2.05) is 0 Å². The number of alkyl halides is 1. The largest absolute Gasteiger partial charge is 0.407 e. The van der Waals surface area contributed by atoms with Gasteiger partial charge in [-0.1, -0.05) is 34.9 Å². The van der Waals surface area contributed by atoms with Crippen molar-refractivity contribution < 1.29 is 4.42 Å². The van der Waals surface area contributed by atoms with Crippen LogP contribution >= 0.6 is 11.6 Å². The highest BCUT2D eigenvalue weighted by atomic mass is 35.5. The van der Waals surface area contributed by atoms with Crippen LogP contribution in [0.4, 0.5) is 6.01 Å². The van der Waals surface area contributed by atoms with Crippen molar-refractivity contribution in [2.75, 3.05) is 5.32 Å². The molecular weight excluding hydrogens is 226 g/mol. The molecule has 16 heavy (non-hydrogen) atoms. The maximum absolute atomic E-state index is 5.55. The average Bonchev–Trinajstić information content (AvgIpc) is 2.76. The molecule has 0 aliphatic heterocycles. The lowest BCUT2D eigenvalue weighted by atomic mass is 10.1. The van der Waals surface area contributed by atoms with Crippen LogP contribution in [0.5, 0.6) is 0 Å². The molecular formula is C11H12ClN3O. The summed E-state index contributed by atoms with van der Waals surface area (Å²) in [6, 6.07) is 8.64. The fourth-order valence-electron chi connectivity index (χ4n) is 1.26. The van der Waals surface area contributed by atoms with Crippen molar-refractivity contribution in [3.8, 4) is 0 Å². The number of anilines is 1. The molecule has 4 nitrogen and oxygen atoms in total. The topological polar surface area (TPSA) is 51.0 Å². The molecule has 0 radical (unpaired) electrons. The van der Waals surface area contributed by atoms with Gasteiger partial charge in [0.15, 0.2) is 0 Å². The van der Waals surface area contributed by atoms with Gasteiger partial charge in [-0.3, -0.25) is 0 Å². The minimum absolute atomic E-state index is 0.235. The number of halogens is 1. The van der Waals surface area contributed by atoms with E-state index in [1.165, 1.54) is 5.56 Å². The summed E-state index contributed by atoms with van der Waals surface area (Å²) in [5, 5.41) is 10.6. The lowest BCUT2D eigenvalue weighted by molar-refractivity contribution is 0.525. The van der Waals surface area contributed by atoms with E-state index in [9.17, 15) is 0 Å². The molecule has 0 aliphatic rings. The number of hydrogen-bond acceptors (Lipinski definition) is 4. The van der Waals surface area contributed by atoms with Crippen LogP contribution in [0.2, 0.25) is 0 Å². The SMILES string of the molecule is Cc1ccc(CNc2nnc(CCl)o2)cc1. The second-order valence-corrected chi connectivity index (χ2v) is 3.74. The van der Waals surface area contributed by atoms with E-state index in [0.29, 0.717) is 18.5 Å². The summed E-state index contributed by atoms with van der Waals surface area (Å²) in [5.41, 5.74) is 2.40. The van der Waals surface area contributed by atoms with Crippen molar-refractivity contribution in [3.05, 3.63) is 41.3 Å². The van der Waals surface area contributed by atoms with Crippen molar-refractivity contribution in [1.82, 2.24) is 10.2 Å². The molecule has 0 amide bonds. The lowest BCUT2D eigenvalue weighted by Gasteiger charge is -2.01. The fourth-order valence-corrected chi connectivity index (χ4v) is 1.37.